The van der Waals surface area contributed by atoms with Crippen molar-refractivity contribution in [3.63, 3.8) is 0 Å². The van der Waals surface area contributed by atoms with Gasteiger partial charge in [0.2, 0.25) is 5.17 Å². The minimum Gasteiger partial charge on any atom is -0.497 e. The molecule has 0 unspecified atom stereocenters. The first kappa shape index (κ1) is 20.5. The van der Waals surface area contributed by atoms with Crippen LogP contribution in [0.5, 0.6) is 5.75 Å². The predicted molar refractivity (Wildman–Crippen MR) is 120 cm³/mol. The molecule has 0 bridgehead atoms. The number of amides is 1. The molecule has 2 aliphatic rings. The van der Waals surface area contributed by atoms with Crippen LogP contribution in [0.4, 0.5) is 5.69 Å². The number of thioether (sulfide) groups is 1. The summed E-state index contributed by atoms with van der Waals surface area (Å²) >= 11 is 1.12. The number of nitrogens with one attached hydrogen (secondary N) is 1. The van der Waals surface area contributed by atoms with E-state index in [9.17, 15) is 14.9 Å². The number of nitro groups is 1. The van der Waals surface area contributed by atoms with Crippen molar-refractivity contribution in [2.24, 2.45) is 10.1 Å². The lowest BCUT2D eigenvalue weighted by Gasteiger charge is -2.19. The molecule has 12 heteroatoms. The van der Waals surface area contributed by atoms with E-state index in [0.717, 1.165) is 11.8 Å². The minimum atomic E-state index is -0.622. The summed E-state index contributed by atoms with van der Waals surface area (Å²) in [4.78, 5) is 27.5. The van der Waals surface area contributed by atoms with Gasteiger partial charge in [0.25, 0.3) is 11.6 Å². The number of hydrazone groups is 1. The number of nitrogens with zero attached hydrogens (tertiary/aromatic N) is 4. The van der Waals surface area contributed by atoms with Crippen LogP contribution >= 0.6 is 11.8 Å². The molecule has 5 rings (SSSR count). The lowest BCUT2D eigenvalue weighted by atomic mass is 10.1. The Bertz CT molecular complexity index is 1400. The number of fused-ring (bicyclic) bond motifs is 1. The molecule has 1 amide bonds. The third-order valence-corrected chi connectivity index (χ3v) is 5.69. The average molecular weight is 463 g/mol. The summed E-state index contributed by atoms with van der Waals surface area (Å²) < 4.78 is 16.1. The molecular weight excluding hydrogens is 450 g/mol. The zero-order valence-corrected chi connectivity index (χ0v) is 17.7. The van der Waals surface area contributed by atoms with E-state index in [1.54, 1.807) is 30.3 Å². The normalized spacial score (nSPS) is 16.6. The molecule has 0 radical (unpaired) electrons. The van der Waals surface area contributed by atoms with E-state index in [-0.39, 0.29) is 39.3 Å². The van der Waals surface area contributed by atoms with Gasteiger partial charge in [-0.1, -0.05) is 0 Å². The molecule has 4 heterocycles. The van der Waals surface area contributed by atoms with Crippen molar-refractivity contribution in [2.75, 3.05) is 7.11 Å². The number of benzene rings is 1. The number of furan rings is 2. The van der Waals surface area contributed by atoms with Crippen LogP contribution in [0.1, 0.15) is 11.5 Å². The van der Waals surface area contributed by atoms with Crippen LogP contribution in [-0.4, -0.2) is 39.0 Å². The van der Waals surface area contributed by atoms with E-state index < -0.39 is 10.8 Å². The number of ether oxygens (including phenoxy) is 1. The summed E-state index contributed by atoms with van der Waals surface area (Å²) in [6, 6.07) is 10.9. The Labute approximate surface area is 189 Å². The van der Waals surface area contributed by atoms with Gasteiger partial charge in [-0.05, 0) is 54.2 Å². The summed E-state index contributed by atoms with van der Waals surface area (Å²) in [7, 11) is 1.42. The van der Waals surface area contributed by atoms with Crippen molar-refractivity contribution < 1.29 is 23.3 Å². The van der Waals surface area contributed by atoms with Gasteiger partial charge in [0.15, 0.2) is 16.6 Å². The zero-order chi connectivity index (χ0) is 23.1. The molecule has 164 valence electrons. The Morgan fingerprint density at radius 2 is 2.09 bits per heavy atom. The topological polar surface area (TPSA) is 148 Å². The highest BCUT2D eigenvalue weighted by atomic mass is 32.2. The van der Waals surface area contributed by atoms with Crippen molar-refractivity contribution in [2.45, 2.75) is 0 Å². The predicted octanol–water partition coefficient (Wildman–Crippen LogP) is 4.12. The monoisotopic (exact) mass is 463 g/mol. The maximum Gasteiger partial charge on any atom is 0.284 e. The summed E-state index contributed by atoms with van der Waals surface area (Å²) in [6.07, 6.45) is 2.86. The Morgan fingerprint density at radius 3 is 2.82 bits per heavy atom. The molecule has 0 atom stereocenters. The van der Waals surface area contributed by atoms with Gasteiger partial charge in [0.1, 0.15) is 17.3 Å². The van der Waals surface area contributed by atoms with Crippen molar-refractivity contribution in [1.82, 2.24) is 5.01 Å². The summed E-state index contributed by atoms with van der Waals surface area (Å²) in [5.41, 5.74) is 0.0286. The molecule has 0 aliphatic carbocycles. The molecule has 0 saturated carbocycles. The number of carbonyl (C=O) groups is 1. The molecule has 1 N–H and O–H groups in total. The second kappa shape index (κ2) is 7.91. The van der Waals surface area contributed by atoms with Gasteiger partial charge >= 0.3 is 0 Å². The highest BCUT2D eigenvalue weighted by molar-refractivity contribution is 8.27. The van der Waals surface area contributed by atoms with Crippen molar-refractivity contribution in [3.8, 4) is 17.1 Å². The number of hydrogen-bond donors (Lipinski definition) is 1. The Kier molecular flexibility index (Phi) is 4.90. The standard InChI is InChI=1S/C21H13N5O6S/c1-30-11-4-6-13(15(10-11)26(28)29)16-7-5-12(32-16)9-14-18(22)25-21(23-19(14)27)33-20(24-25)17-3-2-8-31-17/h2-10,22H,1H3/b14-9-,22-18?. The van der Waals surface area contributed by atoms with Crippen molar-refractivity contribution in [1.29, 1.82) is 5.41 Å². The second-order valence-electron chi connectivity index (χ2n) is 6.74. The van der Waals surface area contributed by atoms with E-state index in [1.807, 2.05) is 0 Å². The first-order valence-corrected chi connectivity index (χ1v) is 10.2. The SMILES string of the molecule is COc1ccc(-c2ccc(/C=C3/C(=N)N4N=C(c5ccco5)SC4=NC3=O)o2)c([N+](=O)[O-])c1. The molecule has 1 aromatic carbocycles. The van der Waals surface area contributed by atoms with Crippen LogP contribution in [0.2, 0.25) is 0 Å². The molecule has 33 heavy (non-hydrogen) atoms. The Morgan fingerprint density at radius 1 is 1.24 bits per heavy atom. The molecular formula is C21H13N5O6S. The number of rotatable bonds is 5. The third kappa shape index (κ3) is 3.61. The lowest BCUT2D eigenvalue weighted by molar-refractivity contribution is -0.384. The largest absolute Gasteiger partial charge is 0.497 e. The summed E-state index contributed by atoms with van der Waals surface area (Å²) in [5, 5.41) is 26.2. The molecule has 0 fully saturated rings. The van der Waals surface area contributed by atoms with Crippen LogP contribution in [0.25, 0.3) is 17.4 Å². The minimum absolute atomic E-state index is 0.0334. The maximum absolute atomic E-state index is 12.6. The summed E-state index contributed by atoms with van der Waals surface area (Å²) in [5.74, 6) is 0.497. The van der Waals surface area contributed by atoms with E-state index >= 15 is 0 Å². The zero-order valence-electron chi connectivity index (χ0n) is 16.8. The molecule has 3 aromatic rings. The van der Waals surface area contributed by atoms with Gasteiger partial charge in [0.05, 0.1) is 35.5 Å². The van der Waals surface area contributed by atoms with Crippen LogP contribution in [-0.2, 0) is 4.79 Å². The van der Waals surface area contributed by atoms with Gasteiger partial charge in [-0.15, -0.1) is 0 Å². The van der Waals surface area contributed by atoms with E-state index in [4.69, 9.17) is 19.0 Å². The Hall–Kier alpha value is -4.45. The van der Waals surface area contributed by atoms with Gasteiger partial charge < -0.3 is 13.6 Å². The lowest BCUT2D eigenvalue weighted by Crippen LogP contribution is -2.35. The van der Waals surface area contributed by atoms with Crippen LogP contribution < -0.4 is 4.74 Å². The van der Waals surface area contributed by atoms with Gasteiger partial charge in [-0.2, -0.15) is 15.1 Å². The van der Waals surface area contributed by atoms with Crippen LogP contribution in [0.3, 0.4) is 0 Å². The summed E-state index contributed by atoms with van der Waals surface area (Å²) in [6.45, 7) is 0. The first-order chi connectivity index (χ1) is 15.9. The quantitative estimate of drug-likeness (QED) is 0.337. The fraction of sp³-hybridized carbons (Fsp3) is 0.0476. The number of hydrogen-bond acceptors (Lipinski definition) is 9. The highest BCUT2D eigenvalue weighted by Gasteiger charge is 2.37. The molecule has 2 aliphatic heterocycles. The first-order valence-electron chi connectivity index (χ1n) is 9.41. The molecule has 2 aromatic heterocycles. The van der Waals surface area contributed by atoms with Gasteiger partial charge in [0, 0.05) is 0 Å². The van der Waals surface area contributed by atoms with Crippen molar-refractivity contribution >= 4 is 45.5 Å². The number of carbonyl (C=O) groups excluding carboxylic acids is 1. The smallest absolute Gasteiger partial charge is 0.284 e. The highest BCUT2D eigenvalue weighted by Crippen LogP contribution is 2.35. The van der Waals surface area contributed by atoms with Gasteiger partial charge in [-0.25, -0.2) is 0 Å². The fourth-order valence-corrected chi connectivity index (χ4v) is 4.07. The van der Waals surface area contributed by atoms with Crippen LogP contribution in [0, 0.1) is 15.5 Å². The number of methoxy groups -OCH3 is 1. The van der Waals surface area contributed by atoms with Crippen LogP contribution in [0.15, 0.2) is 73.2 Å². The molecule has 11 nitrogen and oxygen atoms in total. The van der Waals surface area contributed by atoms with E-state index in [0.29, 0.717) is 16.6 Å². The number of nitro benzene ring substituents is 1. The number of aliphatic imine (C=N–C) groups is 1. The van der Waals surface area contributed by atoms with Gasteiger partial charge in [-0.3, -0.25) is 20.3 Å². The molecule has 0 saturated heterocycles. The van der Waals surface area contributed by atoms with Crippen molar-refractivity contribution in [3.05, 3.63) is 75.9 Å². The number of amidine groups is 2. The third-order valence-electron chi connectivity index (χ3n) is 4.77. The van der Waals surface area contributed by atoms with E-state index in [1.165, 1.54) is 36.6 Å². The second-order valence-corrected chi connectivity index (χ2v) is 7.70. The fourth-order valence-electron chi connectivity index (χ4n) is 3.21. The van der Waals surface area contributed by atoms with E-state index in [2.05, 4.69) is 10.1 Å². The Balaban J connectivity index is 1.47. The average Bonchev–Trinajstić information content (AvgIpc) is 3.56. The maximum atomic E-state index is 12.6. The molecule has 0 spiro atoms.